The molecule has 0 amide bonds. The van der Waals surface area contributed by atoms with Gasteiger partial charge in [-0.2, -0.15) is 0 Å². The van der Waals surface area contributed by atoms with Gasteiger partial charge in [-0.1, -0.05) is 37.1 Å². The number of thiazole rings is 1. The van der Waals surface area contributed by atoms with E-state index in [1.807, 2.05) is 5.38 Å². The lowest BCUT2D eigenvalue weighted by Gasteiger charge is -2.11. The third-order valence-electron chi connectivity index (χ3n) is 3.75. The number of hydrogen-bond acceptors (Lipinski definition) is 4. The lowest BCUT2D eigenvalue weighted by Crippen LogP contribution is -2.06. The molecule has 1 saturated carbocycles. The average Bonchev–Trinajstić information content (AvgIpc) is 3.17. The molecule has 0 spiro atoms. The highest BCUT2D eigenvalue weighted by Crippen LogP contribution is 2.25. The Kier molecular flexibility index (Phi) is 4.45. The summed E-state index contributed by atoms with van der Waals surface area (Å²) in [5.41, 5.74) is 8.93. The van der Waals surface area contributed by atoms with E-state index in [2.05, 4.69) is 29.2 Å². The van der Waals surface area contributed by atoms with E-state index in [9.17, 15) is 0 Å². The molecule has 106 valence electrons. The van der Waals surface area contributed by atoms with Crippen LogP contribution in [0.1, 0.15) is 36.9 Å². The van der Waals surface area contributed by atoms with Crippen LogP contribution in [0.15, 0.2) is 29.6 Å². The molecule has 0 radical (unpaired) electrons. The SMILES string of the molecule is NCc1csc(-c2ccc(COC3CCCC3)cc2)n1. The lowest BCUT2D eigenvalue weighted by atomic mass is 10.1. The topological polar surface area (TPSA) is 48.1 Å². The smallest absolute Gasteiger partial charge is 0.123 e. The minimum absolute atomic E-state index is 0.473. The minimum atomic E-state index is 0.473. The van der Waals surface area contributed by atoms with Crippen molar-refractivity contribution in [2.75, 3.05) is 0 Å². The second-order valence-corrected chi connectivity index (χ2v) is 6.12. The van der Waals surface area contributed by atoms with Crippen molar-refractivity contribution >= 4 is 11.3 Å². The number of rotatable bonds is 5. The van der Waals surface area contributed by atoms with Crippen LogP contribution in [0.5, 0.6) is 0 Å². The summed E-state index contributed by atoms with van der Waals surface area (Å²) in [6.07, 6.45) is 5.55. The van der Waals surface area contributed by atoms with E-state index in [1.54, 1.807) is 11.3 Å². The molecule has 4 heteroatoms. The predicted molar refractivity (Wildman–Crippen MR) is 82.5 cm³/mol. The van der Waals surface area contributed by atoms with Gasteiger partial charge >= 0.3 is 0 Å². The molecule has 0 atom stereocenters. The van der Waals surface area contributed by atoms with Gasteiger partial charge in [-0.15, -0.1) is 11.3 Å². The van der Waals surface area contributed by atoms with Crippen LogP contribution >= 0.6 is 11.3 Å². The fourth-order valence-corrected chi connectivity index (χ4v) is 3.38. The van der Waals surface area contributed by atoms with Crippen LogP contribution in [0.2, 0.25) is 0 Å². The Hall–Kier alpha value is -1.23. The molecule has 2 N–H and O–H groups in total. The summed E-state index contributed by atoms with van der Waals surface area (Å²) in [5.74, 6) is 0. The number of benzene rings is 1. The number of nitrogens with two attached hydrogens (primary N) is 1. The maximum absolute atomic E-state index is 5.93. The standard InChI is InChI=1S/C16H20N2OS/c17-9-14-11-20-16(18-14)13-7-5-12(6-8-13)10-19-15-3-1-2-4-15/h5-8,11,15H,1-4,9-10,17H2. The number of aromatic nitrogens is 1. The predicted octanol–water partition coefficient (Wildman–Crippen LogP) is 3.73. The van der Waals surface area contributed by atoms with E-state index in [-0.39, 0.29) is 0 Å². The highest BCUT2D eigenvalue weighted by molar-refractivity contribution is 7.13. The van der Waals surface area contributed by atoms with E-state index < -0.39 is 0 Å². The second kappa shape index (κ2) is 6.48. The quantitative estimate of drug-likeness (QED) is 0.912. The van der Waals surface area contributed by atoms with Gasteiger partial charge in [0, 0.05) is 17.5 Å². The maximum atomic E-state index is 5.93. The molecular weight excluding hydrogens is 268 g/mol. The van der Waals surface area contributed by atoms with Crippen LogP contribution in [-0.4, -0.2) is 11.1 Å². The normalized spacial score (nSPS) is 15.8. The summed E-state index contributed by atoms with van der Waals surface area (Å²) >= 11 is 1.64. The van der Waals surface area contributed by atoms with Crippen molar-refractivity contribution in [2.24, 2.45) is 5.73 Å². The van der Waals surface area contributed by atoms with Gasteiger partial charge < -0.3 is 10.5 Å². The van der Waals surface area contributed by atoms with Gasteiger partial charge in [0.2, 0.25) is 0 Å². The maximum Gasteiger partial charge on any atom is 0.123 e. The second-order valence-electron chi connectivity index (χ2n) is 5.26. The van der Waals surface area contributed by atoms with Crippen LogP contribution in [0, 0.1) is 0 Å². The molecule has 1 fully saturated rings. The first-order chi connectivity index (χ1) is 9.85. The third kappa shape index (κ3) is 3.26. The van der Waals surface area contributed by atoms with Crippen molar-refractivity contribution in [3.8, 4) is 10.6 Å². The molecule has 1 aliphatic carbocycles. The highest BCUT2D eigenvalue weighted by Gasteiger charge is 2.15. The summed E-state index contributed by atoms with van der Waals surface area (Å²) in [4.78, 5) is 4.50. The summed E-state index contributed by atoms with van der Waals surface area (Å²) in [6.45, 7) is 1.22. The largest absolute Gasteiger partial charge is 0.374 e. The molecule has 0 saturated heterocycles. The van der Waals surface area contributed by atoms with Gasteiger partial charge in [0.1, 0.15) is 5.01 Å². The Balaban J connectivity index is 1.61. The molecule has 1 aliphatic rings. The molecule has 0 bridgehead atoms. The van der Waals surface area contributed by atoms with E-state index in [0.29, 0.717) is 12.6 Å². The van der Waals surface area contributed by atoms with Gasteiger partial charge in [-0.3, -0.25) is 0 Å². The number of hydrogen-bond donors (Lipinski definition) is 1. The molecule has 1 heterocycles. The van der Waals surface area contributed by atoms with Crippen LogP contribution in [0.4, 0.5) is 0 Å². The first-order valence-corrected chi connectivity index (χ1v) is 8.08. The lowest BCUT2D eigenvalue weighted by molar-refractivity contribution is 0.0457. The Morgan fingerprint density at radius 2 is 1.95 bits per heavy atom. The fraction of sp³-hybridized carbons (Fsp3) is 0.438. The molecule has 1 aromatic heterocycles. The Morgan fingerprint density at radius 1 is 1.20 bits per heavy atom. The zero-order valence-electron chi connectivity index (χ0n) is 11.5. The summed E-state index contributed by atoms with van der Waals surface area (Å²) in [5, 5.41) is 3.06. The third-order valence-corrected chi connectivity index (χ3v) is 4.69. The van der Waals surface area contributed by atoms with Crippen molar-refractivity contribution < 1.29 is 4.74 Å². The zero-order chi connectivity index (χ0) is 13.8. The summed E-state index contributed by atoms with van der Waals surface area (Å²) < 4.78 is 5.93. The molecule has 2 aromatic rings. The molecule has 0 aliphatic heterocycles. The first kappa shape index (κ1) is 13.7. The molecule has 3 rings (SSSR count). The molecular formula is C16H20N2OS. The zero-order valence-corrected chi connectivity index (χ0v) is 12.4. The minimum Gasteiger partial charge on any atom is -0.374 e. The number of nitrogens with zero attached hydrogens (tertiary/aromatic N) is 1. The van der Waals surface area contributed by atoms with Gasteiger partial charge in [-0.05, 0) is 18.4 Å². The van der Waals surface area contributed by atoms with Crippen molar-refractivity contribution in [3.63, 3.8) is 0 Å². The van der Waals surface area contributed by atoms with Crippen LogP contribution < -0.4 is 5.73 Å². The first-order valence-electron chi connectivity index (χ1n) is 7.20. The van der Waals surface area contributed by atoms with Crippen molar-refractivity contribution in [1.82, 2.24) is 4.98 Å². The average molecular weight is 288 g/mol. The van der Waals surface area contributed by atoms with Crippen molar-refractivity contribution in [3.05, 3.63) is 40.9 Å². The molecule has 0 unspecified atom stereocenters. The van der Waals surface area contributed by atoms with E-state index in [0.717, 1.165) is 22.9 Å². The Morgan fingerprint density at radius 3 is 2.60 bits per heavy atom. The van der Waals surface area contributed by atoms with Crippen LogP contribution in [0.25, 0.3) is 10.6 Å². The fourth-order valence-electron chi connectivity index (χ4n) is 2.55. The Bertz CT molecular complexity index is 544. The van der Waals surface area contributed by atoms with Crippen molar-refractivity contribution in [2.45, 2.75) is 44.9 Å². The van der Waals surface area contributed by atoms with Crippen LogP contribution in [-0.2, 0) is 17.9 Å². The van der Waals surface area contributed by atoms with Crippen molar-refractivity contribution in [1.29, 1.82) is 0 Å². The highest BCUT2D eigenvalue weighted by atomic mass is 32.1. The number of ether oxygens (including phenoxy) is 1. The van der Waals surface area contributed by atoms with E-state index in [1.165, 1.54) is 31.2 Å². The van der Waals surface area contributed by atoms with Gasteiger partial charge in [0.05, 0.1) is 18.4 Å². The van der Waals surface area contributed by atoms with E-state index >= 15 is 0 Å². The summed E-state index contributed by atoms with van der Waals surface area (Å²) in [7, 11) is 0. The monoisotopic (exact) mass is 288 g/mol. The van der Waals surface area contributed by atoms with Gasteiger partial charge in [0.15, 0.2) is 0 Å². The van der Waals surface area contributed by atoms with Crippen LogP contribution in [0.3, 0.4) is 0 Å². The van der Waals surface area contributed by atoms with Gasteiger partial charge in [0.25, 0.3) is 0 Å². The summed E-state index contributed by atoms with van der Waals surface area (Å²) in [6, 6.07) is 8.50. The molecule has 3 nitrogen and oxygen atoms in total. The molecule has 20 heavy (non-hydrogen) atoms. The van der Waals surface area contributed by atoms with Gasteiger partial charge in [-0.25, -0.2) is 4.98 Å². The van der Waals surface area contributed by atoms with E-state index in [4.69, 9.17) is 10.5 Å². The molecule has 1 aromatic carbocycles. The Labute approximate surface area is 123 Å².